The molecule has 0 radical (unpaired) electrons. The third-order valence-electron chi connectivity index (χ3n) is 3.01. The summed E-state index contributed by atoms with van der Waals surface area (Å²) in [6.45, 7) is 0. The van der Waals surface area contributed by atoms with Gasteiger partial charge in [0.15, 0.2) is 5.78 Å². The molecule has 0 heterocycles. The first-order chi connectivity index (χ1) is 8.17. The predicted molar refractivity (Wildman–Crippen MR) is 60.0 cm³/mol. The van der Waals surface area contributed by atoms with Gasteiger partial charge in [-0.25, -0.2) is 4.79 Å². The molecule has 0 spiro atoms. The Kier molecular flexibility index (Phi) is 3.04. The number of carbonyl (C=O) groups excluding carboxylic acids is 3. The molecule has 0 aromatic heterocycles. The van der Waals surface area contributed by atoms with E-state index in [0.29, 0.717) is 17.5 Å². The van der Waals surface area contributed by atoms with Gasteiger partial charge in [0.2, 0.25) is 0 Å². The van der Waals surface area contributed by atoms with Gasteiger partial charge in [-0.15, -0.1) is 0 Å². The van der Waals surface area contributed by atoms with E-state index >= 15 is 0 Å². The second kappa shape index (κ2) is 4.49. The first-order valence-electron chi connectivity index (χ1n) is 5.36. The second-order valence-corrected chi connectivity index (χ2v) is 4.03. The van der Waals surface area contributed by atoms with Gasteiger partial charge in [0.25, 0.3) is 0 Å². The minimum Gasteiger partial charge on any atom is -0.465 e. The van der Waals surface area contributed by atoms with Crippen LogP contribution in [-0.2, 0) is 16.0 Å². The average molecular weight is 232 g/mol. The smallest absolute Gasteiger partial charge is 0.337 e. The second-order valence-electron chi connectivity index (χ2n) is 4.03. The van der Waals surface area contributed by atoms with E-state index in [1.54, 1.807) is 18.2 Å². The lowest BCUT2D eigenvalue weighted by Gasteiger charge is -2.01. The van der Waals surface area contributed by atoms with Crippen LogP contribution in [0, 0.1) is 5.92 Å². The van der Waals surface area contributed by atoms with Gasteiger partial charge in [0, 0.05) is 17.9 Å². The number of aldehydes is 1. The molecule has 0 aliphatic heterocycles. The summed E-state index contributed by atoms with van der Waals surface area (Å²) in [6.07, 6.45) is 1.57. The Morgan fingerprint density at radius 1 is 1.53 bits per heavy atom. The van der Waals surface area contributed by atoms with Crippen molar-refractivity contribution >= 4 is 18.0 Å². The molecular weight excluding hydrogens is 220 g/mol. The number of ketones is 1. The van der Waals surface area contributed by atoms with Crippen molar-refractivity contribution in [2.24, 2.45) is 5.92 Å². The van der Waals surface area contributed by atoms with Crippen molar-refractivity contribution in [3.63, 3.8) is 0 Å². The quantitative estimate of drug-likeness (QED) is 0.584. The number of ether oxygens (including phenoxy) is 1. The Bertz CT molecular complexity index is 490. The summed E-state index contributed by atoms with van der Waals surface area (Å²) < 4.78 is 4.60. The van der Waals surface area contributed by atoms with Gasteiger partial charge in [-0.1, -0.05) is 6.07 Å². The maximum Gasteiger partial charge on any atom is 0.337 e. The van der Waals surface area contributed by atoms with Crippen LogP contribution >= 0.6 is 0 Å². The molecule has 1 aliphatic carbocycles. The van der Waals surface area contributed by atoms with Crippen molar-refractivity contribution in [3.8, 4) is 0 Å². The SMILES string of the molecule is COC(=O)c1ccc2c(c1)C(=O)[C@H](CC=O)C2. The number of methoxy groups -OCH3 is 1. The summed E-state index contributed by atoms with van der Waals surface area (Å²) in [5, 5.41) is 0. The number of Topliss-reactive ketones (excluding diaryl/α,β-unsaturated/α-hetero) is 1. The average Bonchev–Trinajstić information content (AvgIpc) is 2.66. The highest BCUT2D eigenvalue weighted by Crippen LogP contribution is 2.29. The fraction of sp³-hybridized carbons (Fsp3) is 0.308. The number of hydrogen-bond donors (Lipinski definition) is 0. The van der Waals surface area contributed by atoms with Gasteiger partial charge in [0.05, 0.1) is 12.7 Å². The monoisotopic (exact) mass is 232 g/mol. The summed E-state index contributed by atoms with van der Waals surface area (Å²) in [4.78, 5) is 33.7. The molecule has 0 fully saturated rings. The highest BCUT2D eigenvalue weighted by molar-refractivity contribution is 6.04. The van der Waals surface area contributed by atoms with Gasteiger partial charge < -0.3 is 9.53 Å². The van der Waals surface area contributed by atoms with E-state index in [1.807, 2.05) is 0 Å². The summed E-state index contributed by atoms with van der Waals surface area (Å²) in [5.41, 5.74) is 1.81. The van der Waals surface area contributed by atoms with Crippen molar-refractivity contribution in [2.45, 2.75) is 12.8 Å². The van der Waals surface area contributed by atoms with Crippen LogP contribution in [-0.4, -0.2) is 25.1 Å². The zero-order valence-corrected chi connectivity index (χ0v) is 9.43. The lowest BCUT2D eigenvalue weighted by atomic mass is 10.0. The van der Waals surface area contributed by atoms with Crippen molar-refractivity contribution < 1.29 is 19.1 Å². The maximum absolute atomic E-state index is 11.9. The van der Waals surface area contributed by atoms with Crippen LogP contribution in [0.25, 0.3) is 0 Å². The number of benzene rings is 1. The third-order valence-corrected chi connectivity index (χ3v) is 3.01. The Morgan fingerprint density at radius 3 is 2.94 bits per heavy atom. The Morgan fingerprint density at radius 2 is 2.29 bits per heavy atom. The van der Waals surface area contributed by atoms with E-state index in [1.165, 1.54) is 7.11 Å². The van der Waals surface area contributed by atoms with Crippen LogP contribution in [0.15, 0.2) is 18.2 Å². The van der Waals surface area contributed by atoms with E-state index in [0.717, 1.165) is 11.8 Å². The first kappa shape index (κ1) is 11.5. The largest absolute Gasteiger partial charge is 0.465 e. The van der Waals surface area contributed by atoms with E-state index in [9.17, 15) is 14.4 Å². The topological polar surface area (TPSA) is 60.4 Å². The normalized spacial score (nSPS) is 17.7. The van der Waals surface area contributed by atoms with Gasteiger partial charge >= 0.3 is 5.97 Å². The molecule has 0 saturated carbocycles. The third kappa shape index (κ3) is 1.98. The molecule has 88 valence electrons. The molecule has 4 nitrogen and oxygen atoms in total. The molecule has 2 rings (SSSR count). The number of fused-ring (bicyclic) bond motifs is 1. The lowest BCUT2D eigenvalue weighted by molar-refractivity contribution is -0.108. The van der Waals surface area contributed by atoms with Gasteiger partial charge in [-0.2, -0.15) is 0 Å². The standard InChI is InChI=1S/C13H12O4/c1-17-13(16)10-3-2-8-6-9(4-5-14)12(15)11(8)7-10/h2-3,5,7,9H,4,6H2,1H3/t9-/m1/s1. The fourth-order valence-electron chi connectivity index (χ4n) is 2.11. The highest BCUT2D eigenvalue weighted by Gasteiger charge is 2.30. The molecule has 1 atom stereocenters. The molecule has 1 aliphatic rings. The maximum atomic E-state index is 11.9. The van der Waals surface area contributed by atoms with E-state index < -0.39 is 5.97 Å². The van der Waals surface area contributed by atoms with Crippen molar-refractivity contribution in [3.05, 3.63) is 34.9 Å². The molecule has 0 saturated heterocycles. The summed E-state index contributed by atoms with van der Waals surface area (Å²) in [7, 11) is 1.30. The fourth-order valence-corrected chi connectivity index (χ4v) is 2.11. The lowest BCUT2D eigenvalue weighted by Crippen LogP contribution is -2.09. The Hall–Kier alpha value is -1.97. The van der Waals surface area contributed by atoms with Crippen LogP contribution in [0.3, 0.4) is 0 Å². The van der Waals surface area contributed by atoms with Crippen molar-refractivity contribution in [1.82, 2.24) is 0 Å². The molecule has 0 bridgehead atoms. The molecule has 1 aromatic rings. The summed E-state index contributed by atoms with van der Waals surface area (Å²) >= 11 is 0. The van der Waals surface area contributed by atoms with Gasteiger partial charge in [-0.3, -0.25) is 4.79 Å². The van der Waals surface area contributed by atoms with E-state index in [-0.39, 0.29) is 18.1 Å². The molecule has 1 aromatic carbocycles. The molecule has 0 N–H and O–H groups in total. The minimum absolute atomic E-state index is 0.0575. The van der Waals surface area contributed by atoms with Crippen LogP contribution < -0.4 is 0 Å². The van der Waals surface area contributed by atoms with Gasteiger partial charge in [0.1, 0.15) is 6.29 Å². The number of esters is 1. The van der Waals surface area contributed by atoms with Crippen LogP contribution in [0.2, 0.25) is 0 Å². The Labute approximate surface area is 98.6 Å². The van der Waals surface area contributed by atoms with E-state index in [4.69, 9.17) is 0 Å². The van der Waals surface area contributed by atoms with Crippen molar-refractivity contribution in [2.75, 3.05) is 7.11 Å². The zero-order valence-electron chi connectivity index (χ0n) is 9.43. The minimum atomic E-state index is -0.459. The molecule has 0 amide bonds. The Balaban J connectivity index is 2.34. The number of carbonyl (C=O) groups is 3. The predicted octanol–water partition coefficient (Wildman–Crippen LogP) is 1.42. The molecular formula is C13H12O4. The van der Waals surface area contributed by atoms with Crippen LogP contribution in [0.4, 0.5) is 0 Å². The number of rotatable bonds is 3. The summed E-state index contributed by atoms with van der Waals surface area (Å²) in [6, 6.07) is 4.94. The number of hydrogen-bond acceptors (Lipinski definition) is 4. The highest BCUT2D eigenvalue weighted by atomic mass is 16.5. The molecule has 17 heavy (non-hydrogen) atoms. The van der Waals surface area contributed by atoms with Gasteiger partial charge in [-0.05, 0) is 24.1 Å². The zero-order chi connectivity index (χ0) is 12.4. The van der Waals surface area contributed by atoms with Crippen LogP contribution in [0.1, 0.15) is 32.7 Å². The van der Waals surface area contributed by atoms with Crippen molar-refractivity contribution in [1.29, 1.82) is 0 Å². The summed E-state index contributed by atoms with van der Waals surface area (Å²) in [5.74, 6) is -0.785. The molecule has 4 heteroatoms. The van der Waals surface area contributed by atoms with Crippen LogP contribution in [0.5, 0.6) is 0 Å². The first-order valence-corrected chi connectivity index (χ1v) is 5.36. The molecule has 0 unspecified atom stereocenters. The van der Waals surface area contributed by atoms with E-state index in [2.05, 4.69) is 4.74 Å².